The Bertz CT molecular complexity index is 761. The molecule has 0 aliphatic carbocycles. The van der Waals surface area contributed by atoms with Crippen molar-refractivity contribution in [3.63, 3.8) is 0 Å². The van der Waals surface area contributed by atoms with Gasteiger partial charge in [-0.1, -0.05) is 18.2 Å². The number of rotatable bonds is 4. The molecule has 3 heterocycles. The zero-order valence-electron chi connectivity index (χ0n) is 13.3. The number of pyridine rings is 1. The molecule has 0 unspecified atom stereocenters. The molecule has 2 aromatic heterocycles. The zero-order chi connectivity index (χ0) is 15.5. The molecule has 0 amide bonds. The van der Waals surface area contributed by atoms with Crippen LogP contribution >= 0.6 is 0 Å². The molecule has 1 aliphatic rings. The van der Waals surface area contributed by atoms with Crippen LogP contribution in [0.3, 0.4) is 0 Å². The quantitative estimate of drug-likeness (QED) is 0.803. The predicted molar refractivity (Wildman–Crippen MR) is 92.0 cm³/mol. The van der Waals surface area contributed by atoms with Crippen molar-refractivity contribution in [1.82, 2.24) is 20.1 Å². The Morgan fingerprint density at radius 3 is 3.00 bits per heavy atom. The molecule has 4 nitrogen and oxygen atoms in total. The van der Waals surface area contributed by atoms with E-state index in [4.69, 9.17) is 0 Å². The third kappa shape index (κ3) is 3.27. The van der Waals surface area contributed by atoms with Crippen LogP contribution in [0.15, 0.2) is 48.8 Å². The number of benzene rings is 1. The molecule has 4 rings (SSSR count). The molecule has 3 aromatic rings. The highest BCUT2D eigenvalue weighted by atomic mass is 15.1. The van der Waals surface area contributed by atoms with Crippen molar-refractivity contribution in [2.75, 3.05) is 13.1 Å². The van der Waals surface area contributed by atoms with E-state index in [0.29, 0.717) is 0 Å². The molecule has 4 heteroatoms. The number of nitrogens with zero attached hydrogens (tertiary/aromatic N) is 3. The van der Waals surface area contributed by atoms with Crippen molar-refractivity contribution >= 4 is 10.9 Å². The van der Waals surface area contributed by atoms with E-state index in [2.05, 4.69) is 56.5 Å². The van der Waals surface area contributed by atoms with Crippen LogP contribution in [0.4, 0.5) is 0 Å². The minimum atomic E-state index is 0.720. The van der Waals surface area contributed by atoms with Gasteiger partial charge in [0.2, 0.25) is 0 Å². The molecule has 1 atom stereocenters. The number of aromatic nitrogens is 3. The van der Waals surface area contributed by atoms with Gasteiger partial charge < -0.3 is 0 Å². The monoisotopic (exact) mass is 306 g/mol. The van der Waals surface area contributed by atoms with Crippen molar-refractivity contribution < 1.29 is 0 Å². The fourth-order valence-electron chi connectivity index (χ4n) is 3.70. The number of hydrogen-bond acceptors (Lipinski definition) is 3. The zero-order valence-corrected chi connectivity index (χ0v) is 13.3. The van der Waals surface area contributed by atoms with Gasteiger partial charge in [-0.2, -0.15) is 5.10 Å². The number of H-pyrrole nitrogens is 1. The van der Waals surface area contributed by atoms with Crippen LogP contribution in [0.5, 0.6) is 0 Å². The molecule has 0 saturated carbocycles. The number of piperidine rings is 1. The summed E-state index contributed by atoms with van der Waals surface area (Å²) in [7, 11) is 0. The highest BCUT2D eigenvalue weighted by molar-refractivity contribution is 5.81. The number of aromatic amines is 1. The third-order valence-corrected chi connectivity index (χ3v) is 4.80. The molecule has 1 N–H and O–H groups in total. The van der Waals surface area contributed by atoms with Crippen molar-refractivity contribution in [2.24, 2.45) is 5.92 Å². The second-order valence-corrected chi connectivity index (χ2v) is 6.52. The largest absolute Gasteiger partial charge is 0.299 e. The number of nitrogens with one attached hydrogen (secondary N) is 1. The lowest BCUT2D eigenvalue weighted by Crippen LogP contribution is -2.35. The summed E-state index contributed by atoms with van der Waals surface area (Å²) in [6, 6.07) is 12.7. The SMILES string of the molecule is c1ccc2c(CN3CCC[C@@H](Cc4ccn[nH]4)C3)ccnc2c1. The van der Waals surface area contributed by atoms with E-state index in [0.717, 1.165) is 30.9 Å². The van der Waals surface area contributed by atoms with Crippen molar-refractivity contribution in [3.05, 3.63) is 60.0 Å². The highest BCUT2D eigenvalue weighted by Gasteiger charge is 2.21. The van der Waals surface area contributed by atoms with E-state index in [1.807, 2.05) is 12.4 Å². The van der Waals surface area contributed by atoms with Gasteiger partial charge in [0, 0.05) is 36.6 Å². The Balaban J connectivity index is 1.47. The van der Waals surface area contributed by atoms with Gasteiger partial charge in [0.15, 0.2) is 0 Å². The Kier molecular flexibility index (Phi) is 4.07. The lowest BCUT2D eigenvalue weighted by molar-refractivity contribution is 0.167. The number of likely N-dealkylation sites (tertiary alicyclic amines) is 1. The summed E-state index contributed by atoms with van der Waals surface area (Å²) in [4.78, 5) is 7.06. The molecule has 0 bridgehead atoms. The number of fused-ring (bicyclic) bond motifs is 1. The molecule has 1 fully saturated rings. The summed E-state index contributed by atoms with van der Waals surface area (Å²) >= 11 is 0. The van der Waals surface area contributed by atoms with E-state index in [-0.39, 0.29) is 0 Å². The van der Waals surface area contributed by atoms with Crippen molar-refractivity contribution in [1.29, 1.82) is 0 Å². The fraction of sp³-hybridized carbons (Fsp3) is 0.368. The molecule has 23 heavy (non-hydrogen) atoms. The van der Waals surface area contributed by atoms with Crippen LogP contribution in [0.2, 0.25) is 0 Å². The summed E-state index contributed by atoms with van der Waals surface area (Å²) in [6.45, 7) is 3.37. The van der Waals surface area contributed by atoms with E-state index < -0.39 is 0 Å². The van der Waals surface area contributed by atoms with Gasteiger partial charge in [-0.3, -0.25) is 15.0 Å². The molecular formula is C19H22N4. The van der Waals surface area contributed by atoms with Gasteiger partial charge in [0.1, 0.15) is 0 Å². The summed E-state index contributed by atoms with van der Waals surface area (Å²) in [6.07, 6.45) is 7.48. The lowest BCUT2D eigenvalue weighted by atomic mass is 9.93. The van der Waals surface area contributed by atoms with Gasteiger partial charge in [0.25, 0.3) is 0 Å². The molecule has 1 aliphatic heterocycles. The third-order valence-electron chi connectivity index (χ3n) is 4.80. The predicted octanol–water partition coefficient (Wildman–Crippen LogP) is 3.41. The maximum atomic E-state index is 4.47. The topological polar surface area (TPSA) is 44.8 Å². The summed E-state index contributed by atoms with van der Waals surface area (Å²) < 4.78 is 0. The molecule has 1 aromatic carbocycles. The first-order valence-electron chi connectivity index (χ1n) is 8.42. The lowest BCUT2D eigenvalue weighted by Gasteiger charge is -2.32. The maximum absolute atomic E-state index is 4.47. The smallest absolute Gasteiger partial charge is 0.0705 e. The molecule has 118 valence electrons. The van der Waals surface area contributed by atoms with Crippen LogP contribution < -0.4 is 0 Å². The van der Waals surface area contributed by atoms with Crippen LogP contribution in [0.25, 0.3) is 10.9 Å². The van der Waals surface area contributed by atoms with E-state index in [9.17, 15) is 0 Å². The Hall–Kier alpha value is -2.20. The Labute approximate surface area is 136 Å². The van der Waals surface area contributed by atoms with Crippen LogP contribution in [0, 0.1) is 5.92 Å². The van der Waals surface area contributed by atoms with Gasteiger partial charge in [-0.15, -0.1) is 0 Å². The molecular weight excluding hydrogens is 284 g/mol. The first kappa shape index (κ1) is 14.4. The van der Waals surface area contributed by atoms with E-state index in [1.54, 1.807) is 0 Å². The van der Waals surface area contributed by atoms with Crippen molar-refractivity contribution in [2.45, 2.75) is 25.8 Å². The Morgan fingerprint density at radius 1 is 1.13 bits per heavy atom. The van der Waals surface area contributed by atoms with Gasteiger partial charge >= 0.3 is 0 Å². The summed E-state index contributed by atoms with van der Waals surface area (Å²) in [5, 5.41) is 8.44. The van der Waals surface area contributed by atoms with Gasteiger partial charge in [-0.05, 0) is 55.5 Å². The van der Waals surface area contributed by atoms with Gasteiger partial charge in [0.05, 0.1) is 5.52 Å². The van der Waals surface area contributed by atoms with Gasteiger partial charge in [-0.25, -0.2) is 0 Å². The second kappa shape index (κ2) is 6.50. The second-order valence-electron chi connectivity index (χ2n) is 6.52. The normalized spacial score (nSPS) is 19.2. The molecule has 0 spiro atoms. The minimum Gasteiger partial charge on any atom is -0.299 e. The van der Waals surface area contributed by atoms with Crippen LogP contribution in [-0.2, 0) is 13.0 Å². The Morgan fingerprint density at radius 2 is 2.09 bits per heavy atom. The average molecular weight is 306 g/mol. The first-order chi connectivity index (χ1) is 11.4. The van der Waals surface area contributed by atoms with E-state index >= 15 is 0 Å². The minimum absolute atomic E-state index is 0.720. The average Bonchev–Trinajstić information content (AvgIpc) is 3.09. The summed E-state index contributed by atoms with van der Waals surface area (Å²) in [5.74, 6) is 0.720. The summed E-state index contributed by atoms with van der Waals surface area (Å²) in [5.41, 5.74) is 3.74. The van der Waals surface area contributed by atoms with Crippen LogP contribution in [-0.4, -0.2) is 33.2 Å². The molecule has 0 radical (unpaired) electrons. The maximum Gasteiger partial charge on any atom is 0.0705 e. The van der Waals surface area contributed by atoms with Crippen molar-refractivity contribution in [3.8, 4) is 0 Å². The number of para-hydroxylation sites is 1. The molecule has 1 saturated heterocycles. The number of hydrogen-bond donors (Lipinski definition) is 1. The highest BCUT2D eigenvalue weighted by Crippen LogP contribution is 2.24. The van der Waals surface area contributed by atoms with Crippen LogP contribution in [0.1, 0.15) is 24.1 Å². The standard InChI is InChI=1S/C19H22N4/c1-2-6-19-18(5-1)16(7-9-20-19)14-23-11-3-4-15(13-23)12-17-8-10-21-22-17/h1-2,5-10,15H,3-4,11-14H2,(H,21,22)/t15-/m0/s1. The first-order valence-corrected chi connectivity index (χ1v) is 8.42. The van der Waals surface area contributed by atoms with E-state index in [1.165, 1.54) is 36.0 Å². The fourth-order valence-corrected chi connectivity index (χ4v) is 3.70.